The van der Waals surface area contributed by atoms with Crippen LogP contribution in [-0.4, -0.2) is 42.1 Å². The van der Waals surface area contributed by atoms with Crippen LogP contribution in [0.3, 0.4) is 0 Å². The molecule has 1 aromatic heterocycles. The normalized spacial score (nSPS) is 20.2. The Morgan fingerprint density at radius 1 is 1.42 bits per heavy atom. The summed E-state index contributed by atoms with van der Waals surface area (Å²) in [5.74, 6) is -0.0965. The van der Waals surface area contributed by atoms with Gasteiger partial charge in [0, 0.05) is 25.0 Å². The number of aromatic nitrogens is 1. The van der Waals surface area contributed by atoms with E-state index >= 15 is 0 Å². The highest BCUT2D eigenvalue weighted by molar-refractivity contribution is 5.69. The monoisotopic (exact) mass is 262 g/mol. The number of hydrogen-bond acceptors (Lipinski definition) is 4. The van der Waals surface area contributed by atoms with Crippen molar-refractivity contribution in [1.29, 1.82) is 0 Å². The van der Waals surface area contributed by atoms with Gasteiger partial charge in [-0.25, -0.2) is 0 Å². The van der Waals surface area contributed by atoms with Crippen LogP contribution in [0.2, 0.25) is 0 Å². The summed E-state index contributed by atoms with van der Waals surface area (Å²) < 4.78 is 4.79. The third-order valence-electron chi connectivity index (χ3n) is 3.82. The van der Waals surface area contributed by atoms with Crippen molar-refractivity contribution in [2.75, 3.05) is 20.2 Å². The molecule has 0 spiro atoms. The maximum absolute atomic E-state index is 11.4. The van der Waals surface area contributed by atoms with Crippen molar-refractivity contribution in [1.82, 2.24) is 9.88 Å². The van der Waals surface area contributed by atoms with Crippen molar-refractivity contribution in [2.45, 2.75) is 38.1 Å². The van der Waals surface area contributed by atoms with Crippen molar-refractivity contribution in [3.63, 3.8) is 0 Å². The Kier molecular flexibility index (Phi) is 5.33. The van der Waals surface area contributed by atoms with Crippen molar-refractivity contribution in [2.24, 2.45) is 0 Å². The first kappa shape index (κ1) is 14.0. The lowest BCUT2D eigenvalue weighted by Gasteiger charge is -2.35. The lowest BCUT2D eigenvalue weighted by atomic mass is 9.98. The fourth-order valence-corrected chi connectivity index (χ4v) is 2.68. The molecule has 1 fully saturated rings. The Morgan fingerprint density at radius 3 is 2.95 bits per heavy atom. The van der Waals surface area contributed by atoms with Gasteiger partial charge < -0.3 is 4.74 Å². The number of methoxy groups -OCH3 is 1. The van der Waals surface area contributed by atoms with Crippen molar-refractivity contribution in [3.8, 4) is 0 Å². The molecule has 2 heterocycles. The molecular weight excluding hydrogens is 240 g/mol. The van der Waals surface area contributed by atoms with Crippen LogP contribution >= 0.6 is 0 Å². The minimum absolute atomic E-state index is 0.0965. The van der Waals surface area contributed by atoms with Gasteiger partial charge in [-0.15, -0.1) is 0 Å². The summed E-state index contributed by atoms with van der Waals surface area (Å²) in [6.45, 7) is 2.10. The smallest absolute Gasteiger partial charge is 0.307 e. The molecule has 0 saturated carbocycles. The predicted molar refractivity (Wildman–Crippen MR) is 73.8 cm³/mol. The van der Waals surface area contributed by atoms with Crippen molar-refractivity contribution < 1.29 is 9.53 Å². The van der Waals surface area contributed by atoms with E-state index in [-0.39, 0.29) is 5.97 Å². The molecule has 0 bridgehead atoms. The molecule has 1 unspecified atom stereocenters. The zero-order valence-corrected chi connectivity index (χ0v) is 11.5. The van der Waals surface area contributed by atoms with Crippen LogP contribution in [0.5, 0.6) is 0 Å². The van der Waals surface area contributed by atoms with E-state index in [0.29, 0.717) is 12.5 Å². The molecule has 0 amide bonds. The molecule has 1 aromatic rings. The Bertz CT molecular complexity index is 394. The Balaban J connectivity index is 1.87. The molecule has 104 valence electrons. The molecule has 0 radical (unpaired) electrons. The topological polar surface area (TPSA) is 42.4 Å². The SMILES string of the molecule is COC(=O)CC1CCCCN1CCc1ccncc1. The van der Waals surface area contributed by atoms with Crippen LogP contribution in [0.25, 0.3) is 0 Å². The largest absolute Gasteiger partial charge is 0.469 e. The van der Waals surface area contributed by atoms with Gasteiger partial charge in [-0.2, -0.15) is 0 Å². The molecule has 0 N–H and O–H groups in total. The molecule has 19 heavy (non-hydrogen) atoms. The molecule has 1 atom stereocenters. The summed E-state index contributed by atoms with van der Waals surface area (Å²) in [6, 6.07) is 4.46. The number of likely N-dealkylation sites (tertiary alicyclic amines) is 1. The standard InChI is InChI=1S/C15H22N2O2/c1-19-15(18)12-14-4-2-3-10-17(14)11-7-13-5-8-16-9-6-13/h5-6,8-9,14H,2-4,7,10-12H2,1H3. The van der Waals surface area contributed by atoms with Gasteiger partial charge in [0.2, 0.25) is 0 Å². The van der Waals surface area contributed by atoms with Gasteiger partial charge >= 0.3 is 5.97 Å². The summed E-state index contributed by atoms with van der Waals surface area (Å²) >= 11 is 0. The average Bonchev–Trinajstić information content (AvgIpc) is 2.47. The number of carbonyl (C=O) groups is 1. The highest BCUT2D eigenvalue weighted by atomic mass is 16.5. The van der Waals surface area contributed by atoms with Crippen LogP contribution in [0, 0.1) is 0 Å². The first-order valence-corrected chi connectivity index (χ1v) is 6.99. The number of rotatable bonds is 5. The quantitative estimate of drug-likeness (QED) is 0.762. The zero-order chi connectivity index (χ0) is 13.5. The number of hydrogen-bond donors (Lipinski definition) is 0. The first-order chi connectivity index (χ1) is 9.29. The van der Waals surface area contributed by atoms with Crippen molar-refractivity contribution >= 4 is 5.97 Å². The molecule has 4 nitrogen and oxygen atoms in total. The van der Waals surface area contributed by atoms with Gasteiger partial charge in [0.15, 0.2) is 0 Å². The van der Waals surface area contributed by atoms with Crippen LogP contribution in [0.4, 0.5) is 0 Å². The third kappa shape index (κ3) is 4.31. The average molecular weight is 262 g/mol. The van der Waals surface area contributed by atoms with E-state index in [0.717, 1.165) is 25.9 Å². The molecule has 0 aliphatic carbocycles. The molecule has 1 saturated heterocycles. The maximum atomic E-state index is 11.4. The lowest BCUT2D eigenvalue weighted by Crippen LogP contribution is -2.42. The second kappa shape index (κ2) is 7.24. The van der Waals surface area contributed by atoms with Gasteiger partial charge in [-0.1, -0.05) is 6.42 Å². The predicted octanol–water partition coefficient (Wildman–Crippen LogP) is 2.04. The number of piperidine rings is 1. The highest BCUT2D eigenvalue weighted by Crippen LogP contribution is 2.20. The summed E-state index contributed by atoms with van der Waals surface area (Å²) in [5.41, 5.74) is 1.30. The van der Waals surface area contributed by atoms with Gasteiger partial charge in [0.05, 0.1) is 13.5 Å². The molecule has 1 aliphatic heterocycles. The van der Waals surface area contributed by atoms with E-state index in [9.17, 15) is 4.79 Å². The minimum Gasteiger partial charge on any atom is -0.469 e. The molecule has 0 aromatic carbocycles. The fraction of sp³-hybridized carbons (Fsp3) is 0.600. The third-order valence-corrected chi connectivity index (χ3v) is 3.82. The number of carbonyl (C=O) groups excluding carboxylic acids is 1. The number of nitrogens with zero attached hydrogens (tertiary/aromatic N) is 2. The molecular formula is C15H22N2O2. The Hall–Kier alpha value is -1.42. The first-order valence-electron chi connectivity index (χ1n) is 6.99. The van der Waals surface area contributed by atoms with Crippen LogP contribution in [0.1, 0.15) is 31.2 Å². The molecule has 4 heteroatoms. The van der Waals surface area contributed by atoms with Gasteiger partial charge in [-0.3, -0.25) is 14.7 Å². The van der Waals surface area contributed by atoms with E-state index in [4.69, 9.17) is 4.74 Å². The highest BCUT2D eigenvalue weighted by Gasteiger charge is 2.24. The number of pyridine rings is 1. The second-order valence-electron chi connectivity index (χ2n) is 5.07. The second-order valence-corrected chi connectivity index (χ2v) is 5.07. The van der Waals surface area contributed by atoms with Gasteiger partial charge in [0.1, 0.15) is 0 Å². The Labute approximate surface area is 114 Å². The Morgan fingerprint density at radius 2 is 2.21 bits per heavy atom. The summed E-state index contributed by atoms with van der Waals surface area (Å²) in [5, 5.41) is 0. The summed E-state index contributed by atoms with van der Waals surface area (Å²) in [6.07, 6.45) is 8.74. The minimum atomic E-state index is -0.0965. The zero-order valence-electron chi connectivity index (χ0n) is 11.5. The fourth-order valence-electron chi connectivity index (χ4n) is 2.68. The number of ether oxygens (including phenoxy) is 1. The van der Waals surface area contributed by atoms with E-state index in [1.54, 1.807) is 0 Å². The van der Waals surface area contributed by atoms with Gasteiger partial charge in [0.25, 0.3) is 0 Å². The van der Waals surface area contributed by atoms with E-state index in [1.165, 1.54) is 25.5 Å². The van der Waals surface area contributed by atoms with Crippen LogP contribution in [-0.2, 0) is 16.0 Å². The summed E-state index contributed by atoms with van der Waals surface area (Å²) in [7, 11) is 1.46. The van der Waals surface area contributed by atoms with Crippen molar-refractivity contribution in [3.05, 3.63) is 30.1 Å². The summed E-state index contributed by atoms with van der Waals surface area (Å²) in [4.78, 5) is 17.9. The van der Waals surface area contributed by atoms with Crippen LogP contribution in [0.15, 0.2) is 24.5 Å². The molecule has 1 aliphatic rings. The van der Waals surface area contributed by atoms with E-state index in [1.807, 2.05) is 12.4 Å². The van der Waals surface area contributed by atoms with E-state index in [2.05, 4.69) is 22.0 Å². The van der Waals surface area contributed by atoms with E-state index < -0.39 is 0 Å². The van der Waals surface area contributed by atoms with Crippen LogP contribution < -0.4 is 0 Å². The lowest BCUT2D eigenvalue weighted by molar-refractivity contribution is -0.142. The van der Waals surface area contributed by atoms with Gasteiger partial charge in [-0.05, 0) is 43.5 Å². The molecule has 2 rings (SSSR count). The maximum Gasteiger partial charge on any atom is 0.307 e. The number of esters is 1.